The third-order valence-electron chi connectivity index (χ3n) is 4.44. The van der Waals surface area contributed by atoms with E-state index >= 15 is 0 Å². The van der Waals surface area contributed by atoms with Crippen LogP contribution in [0.4, 0.5) is 0 Å². The van der Waals surface area contributed by atoms with Crippen molar-refractivity contribution in [1.82, 2.24) is 35.3 Å². The van der Waals surface area contributed by atoms with E-state index < -0.39 is 0 Å². The first-order chi connectivity index (χ1) is 12.8. The number of nitrogens with one attached hydrogen (secondary N) is 1. The van der Waals surface area contributed by atoms with Crippen LogP contribution in [0.1, 0.15) is 29.8 Å². The fourth-order valence-electron chi connectivity index (χ4n) is 3.09. The number of ether oxygens (including phenoxy) is 1. The molecule has 1 amide bonds. The molecule has 1 unspecified atom stereocenters. The van der Waals surface area contributed by atoms with Crippen LogP contribution in [0, 0.1) is 0 Å². The Hall–Kier alpha value is -2.81. The Morgan fingerprint density at radius 3 is 3.08 bits per heavy atom. The minimum Gasteiger partial charge on any atom is -0.376 e. The summed E-state index contributed by atoms with van der Waals surface area (Å²) in [6.07, 6.45) is 4.70. The second kappa shape index (κ2) is 7.61. The lowest BCUT2D eigenvalue weighted by molar-refractivity contribution is 0.0929. The Morgan fingerprint density at radius 1 is 1.27 bits per heavy atom. The molecule has 1 saturated heterocycles. The maximum atomic E-state index is 12.2. The van der Waals surface area contributed by atoms with Crippen molar-refractivity contribution < 1.29 is 9.53 Å². The molecule has 2 aromatic heterocycles. The van der Waals surface area contributed by atoms with Gasteiger partial charge in [0.1, 0.15) is 5.52 Å². The number of para-hydroxylation sites is 1. The van der Waals surface area contributed by atoms with Crippen molar-refractivity contribution in [1.29, 1.82) is 0 Å². The molecule has 1 aliphatic rings. The predicted octanol–water partition coefficient (Wildman–Crippen LogP) is 1.02. The monoisotopic (exact) mass is 355 g/mol. The van der Waals surface area contributed by atoms with Gasteiger partial charge in [-0.05, 0) is 31.4 Å². The zero-order valence-corrected chi connectivity index (χ0v) is 14.4. The van der Waals surface area contributed by atoms with Gasteiger partial charge in [-0.2, -0.15) is 0 Å². The van der Waals surface area contributed by atoms with Gasteiger partial charge in [0.25, 0.3) is 5.91 Å². The molecule has 1 aromatic carbocycles. The third-order valence-corrected chi connectivity index (χ3v) is 4.44. The molecule has 0 saturated carbocycles. The Morgan fingerprint density at radius 2 is 2.19 bits per heavy atom. The predicted molar refractivity (Wildman–Crippen MR) is 93.5 cm³/mol. The Kier molecular flexibility index (Phi) is 4.87. The van der Waals surface area contributed by atoms with Crippen molar-refractivity contribution in [2.24, 2.45) is 0 Å². The van der Waals surface area contributed by atoms with Crippen molar-refractivity contribution >= 4 is 16.9 Å². The van der Waals surface area contributed by atoms with Crippen molar-refractivity contribution in [3.05, 3.63) is 36.2 Å². The lowest BCUT2D eigenvalue weighted by atomic mass is 10.2. The standard InChI is InChI=1S/C17H21N7O2/c25-17(15-12-23(21-20-15)11-13-5-3-10-26-13)18-8-4-9-24-16-7-2-1-6-14(16)19-22-24/h1-2,6-7,12-13H,3-5,8-11H2,(H,18,25). The molecule has 3 heterocycles. The fraction of sp³-hybridized carbons (Fsp3) is 0.471. The van der Waals surface area contributed by atoms with Crippen LogP contribution >= 0.6 is 0 Å². The van der Waals surface area contributed by atoms with Crippen LogP contribution in [-0.2, 0) is 17.8 Å². The number of hydrogen-bond acceptors (Lipinski definition) is 6. The number of amides is 1. The number of aromatic nitrogens is 6. The Bertz CT molecular complexity index is 882. The summed E-state index contributed by atoms with van der Waals surface area (Å²) in [5.41, 5.74) is 2.20. The molecule has 0 radical (unpaired) electrons. The summed E-state index contributed by atoms with van der Waals surface area (Å²) in [6.45, 7) is 2.66. The van der Waals surface area contributed by atoms with Crippen LogP contribution in [0.2, 0.25) is 0 Å². The summed E-state index contributed by atoms with van der Waals surface area (Å²) in [5, 5.41) is 19.1. The third kappa shape index (κ3) is 3.72. The molecule has 26 heavy (non-hydrogen) atoms. The molecule has 3 aromatic rings. The molecule has 0 aliphatic carbocycles. The van der Waals surface area contributed by atoms with Gasteiger partial charge in [-0.3, -0.25) is 4.79 Å². The van der Waals surface area contributed by atoms with Crippen LogP contribution in [-0.4, -0.2) is 55.2 Å². The highest BCUT2D eigenvalue weighted by atomic mass is 16.5. The van der Waals surface area contributed by atoms with Gasteiger partial charge in [0.05, 0.1) is 24.4 Å². The topological polar surface area (TPSA) is 99.8 Å². The SMILES string of the molecule is O=C(NCCCn1nnc2ccccc21)c1cn(CC2CCCO2)nn1. The smallest absolute Gasteiger partial charge is 0.273 e. The summed E-state index contributed by atoms with van der Waals surface area (Å²) >= 11 is 0. The maximum absolute atomic E-state index is 12.2. The fourth-order valence-corrected chi connectivity index (χ4v) is 3.09. The molecule has 4 rings (SSSR count). The normalized spacial score (nSPS) is 17.0. The van der Waals surface area contributed by atoms with E-state index in [4.69, 9.17) is 4.74 Å². The largest absolute Gasteiger partial charge is 0.376 e. The van der Waals surface area contributed by atoms with Crippen molar-refractivity contribution in [3.8, 4) is 0 Å². The van der Waals surface area contributed by atoms with E-state index in [1.807, 2.05) is 28.9 Å². The van der Waals surface area contributed by atoms with E-state index in [-0.39, 0.29) is 12.0 Å². The molecule has 1 atom stereocenters. The van der Waals surface area contributed by atoms with E-state index in [9.17, 15) is 4.79 Å². The molecular weight excluding hydrogens is 334 g/mol. The average molecular weight is 355 g/mol. The maximum Gasteiger partial charge on any atom is 0.273 e. The summed E-state index contributed by atoms with van der Waals surface area (Å²) in [5.74, 6) is -0.216. The average Bonchev–Trinajstić information content (AvgIpc) is 3.40. The first-order valence-corrected chi connectivity index (χ1v) is 8.88. The number of rotatable bonds is 7. The molecule has 1 aliphatic heterocycles. The van der Waals surface area contributed by atoms with Crippen LogP contribution in [0.25, 0.3) is 11.0 Å². The number of fused-ring (bicyclic) bond motifs is 1. The van der Waals surface area contributed by atoms with Gasteiger partial charge in [-0.25, -0.2) is 9.36 Å². The number of hydrogen-bond donors (Lipinski definition) is 1. The second-order valence-corrected chi connectivity index (χ2v) is 6.37. The highest BCUT2D eigenvalue weighted by molar-refractivity contribution is 5.91. The Labute approximate surface area is 150 Å². The van der Waals surface area contributed by atoms with Crippen LogP contribution < -0.4 is 5.32 Å². The molecule has 0 spiro atoms. The molecule has 9 heteroatoms. The van der Waals surface area contributed by atoms with Gasteiger partial charge in [0.2, 0.25) is 0 Å². The summed E-state index contributed by atoms with van der Waals surface area (Å²) in [7, 11) is 0. The summed E-state index contributed by atoms with van der Waals surface area (Å²) in [4.78, 5) is 12.2. The number of carbonyl (C=O) groups is 1. The van der Waals surface area contributed by atoms with Gasteiger partial charge in [0.15, 0.2) is 5.69 Å². The van der Waals surface area contributed by atoms with E-state index in [2.05, 4.69) is 25.9 Å². The molecule has 0 bridgehead atoms. The highest BCUT2D eigenvalue weighted by Gasteiger charge is 2.18. The zero-order valence-electron chi connectivity index (χ0n) is 14.4. The number of aryl methyl sites for hydroxylation is 1. The lowest BCUT2D eigenvalue weighted by Crippen LogP contribution is -2.25. The Balaban J connectivity index is 1.24. The quantitative estimate of drug-likeness (QED) is 0.635. The number of benzene rings is 1. The first-order valence-electron chi connectivity index (χ1n) is 8.88. The van der Waals surface area contributed by atoms with Crippen molar-refractivity contribution in [2.75, 3.05) is 13.2 Å². The van der Waals surface area contributed by atoms with E-state index in [0.717, 1.165) is 36.9 Å². The van der Waals surface area contributed by atoms with Crippen LogP contribution in [0.15, 0.2) is 30.5 Å². The highest BCUT2D eigenvalue weighted by Crippen LogP contribution is 2.13. The van der Waals surface area contributed by atoms with E-state index in [1.54, 1.807) is 10.9 Å². The minimum absolute atomic E-state index is 0.171. The first kappa shape index (κ1) is 16.6. The van der Waals surface area contributed by atoms with E-state index in [0.29, 0.717) is 25.3 Å². The van der Waals surface area contributed by atoms with Gasteiger partial charge in [-0.15, -0.1) is 10.2 Å². The molecule has 1 fully saturated rings. The molecule has 1 N–H and O–H groups in total. The van der Waals surface area contributed by atoms with Gasteiger partial charge in [-0.1, -0.05) is 22.6 Å². The van der Waals surface area contributed by atoms with Gasteiger partial charge in [0, 0.05) is 19.7 Å². The molecule has 136 valence electrons. The van der Waals surface area contributed by atoms with Crippen molar-refractivity contribution in [2.45, 2.75) is 38.5 Å². The second-order valence-electron chi connectivity index (χ2n) is 6.37. The van der Waals surface area contributed by atoms with Crippen LogP contribution in [0.3, 0.4) is 0 Å². The number of carbonyl (C=O) groups excluding carboxylic acids is 1. The minimum atomic E-state index is -0.216. The summed E-state index contributed by atoms with van der Waals surface area (Å²) in [6, 6.07) is 7.82. The summed E-state index contributed by atoms with van der Waals surface area (Å²) < 4.78 is 9.09. The zero-order chi connectivity index (χ0) is 17.8. The number of nitrogens with zero attached hydrogens (tertiary/aromatic N) is 6. The van der Waals surface area contributed by atoms with Crippen molar-refractivity contribution in [3.63, 3.8) is 0 Å². The van der Waals surface area contributed by atoms with Crippen LogP contribution in [0.5, 0.6) is 0 Å². The lowest BCUT2D eigenvalue weighted by Gasteiger charge is -2.07. The van der Waals surface area contributed by atoms with Gasteiger partial charge < -0.3 is 10.1 Å². The van der Waals surface area contributed by atoms with Gasteiger partial charge >= 0.3 is 0 Å². The van der Waals surface area contributed by atoms with E-state index in [1.165, 1.54) is 0 Å². The molecule has 9 nitrogen and oxygen atoms in total. The molecular formula is C17H21N7O2.